The van der Waals surface area contributed by atoms with Crippen molar-refractivity contribution in [2.75, 3.05) is 6.61 Å². The van der Waals surface area contributed by atoms with Gasteiger partial charge in [0.2, 0.25) is 0 Å². The van der Waals surface area contributed by atoms with Gasteiger partial charge in [0, 0.05) is 43.0 Å². The van der Waals surface area contributed by atoms with Crippen LogP contribution in [0.5, 0.6) is 0 Å². The van der Waals surface area contributed by atoms with Crippen LogP contribution in [0, 0.1) is 5.92 Å². The number of imidazole rings is 1. The van der Waals surface area contributed by atoms with Crippen molar-refractivity contribution in [3.05, 3.63) is 36.4 Å². The summed E-state index contributed by atoms with van der Waals surface area (Å²) in [6, 6.07) is 3.96. The molecule has 0 saturated heterocycles. The normalized spacial score (nSPS) is 19.0. The third-order valence-electron chi connectivity index (χ3n) is 3.39. The zero-order valence-corrected chi connectivity index (χ0v) is 9.58. The minimum absolute atomic E-state index is 0.274. The maximum Gasteiger partial charge on any atom is 0.140 e. The third-order valence-corrected chi connectivity index (χ3v) is 3.39. The predicted octanol–water partition coefficient (Wildman–Crippen LogP) is 1.50. The molecule has 0 saturated carbocycles. The van der Waals surface area contributed by atoms with Crippen molar-refractivity contribution in [3.8, 4) is 11.4 Å². The first-order chi connectivity index (χ1) is 8.38. The van der Waals surface area contributed by atoms with E-state index in [-0.39, 0.29) is 6.61 Å². The predicted molar refractivity (Wildman–Crippen MR) is 64.4 cm³/mol. The summed E-state index contributed by atoms with van der Waals surface area (Å²) in [4.78, 5) is 8.51. The molecule has 17 heavy (non-hydrogen) atoms. The summed E-state index contributed by atoms with van der Waals surface area (Å²) in [5.74, 6) is 1.41. The molecule has 2 aromatic rings. The molecule has 1 unspecified atom stereocenters. The number of pyridine rings is 1. The molecule has 3 rings (SSSR count). The molecular formula is C13H15N3O. The van der Waals surface area contributed by atoms with E-state index in [0.717, 1.165) is 30.8 Å². The van der Waals surface area contributed by atoms with Crippen LogP contribution in [-0.4, -0.2) is 26.2 Å². The number of hydrogen-bond donors (Lipinski definition) is 1. The zero-order chi connectivity index (χ0) is 11.7. The van der Waals surface area contributed by atoms with E-state index in [9.17, 15) is 5.11 Å². The van der Waals surface area contributed by atoms with Crippen molar-refractivity contribution in [1.29, 1.82) is 0 Å². The van der Waals surface area contributed by atoms with E-state index in [1.807, 2.05) is 18.3 Å². The Balaban J connectivity index is 1.97. The first-order valence-electron chi connectivity index (χ1n) is 5.94. The number of aliphatic hydroxyl groups excluding tert-OH is 1. The van der Waals surface area contributed by atoms with Crippen LogP contribution in [-0.2, 0) is 13.0 Å². The smallest absolute Gasteiger partial charge is 0.140 e. The quantitative estimate of drug-likeness (QED) is 0.849. The first kappa shape index (κ1) is 10.5. The van der Waals surface area contributed by atoms with Gasteiger partial charge in [0.05, 0.1) is 0 Å². The first-order valence-corrected chi connectivity index (χ1v) is 5.94. The van der Waals surface area contributed by atoms with Gasteiger partial charge in [0.15, 0.2) is 0 Å². The topological polar surface area (TPSA) is 50.9 Å². The van der Waals surface area contributed by atoms with E-state index >= 15 is 0 Å². The molecule has 0 spiro atoms. The van der Waals surface area contributed by atoms with Crippen LogP contribution >= 0.6 is 0 Å². The Bertz CT molecular complexity index is 507. The van der Waals surface area contributed by atoms with Gasteiger partial charge in [0.25, 0.3) is 0 Å². The molecule has 88 valence electrons. The van der Waals surface area contributed by atoms with Crippen LogP contribution in [0.3, 0.4) is 0 Å². The standard InChI is InChI=1S/C13H15N3O/c17-9-10-3-6-16-12(7-10)8-15-13(16)11-1-4-14-5-2-11/h1-2,4-5,8,10,17H,3,6-7,9H2. The van der Waals surface area contributed by atoms with Crippen molar-refractivity contribution < 1.29 is 5.11 Å². The summed E-state index contributed by atoms with van der Waals surface area (Å²) < 4.78 is 2.25. The average molecular weight is 229 g/mol. The fraction of sp³-hybridized carbons (Fsp3) is 0.385. The van der Waals surface area contributed by atoms with Gasteiger partial charge in [-0.05, 0) is 30.9 Å². The lowest BCUT2D eigenvalue weighted by molar-refractivity contribution is 0.201. The van der Waals surface area contributed by atoms with Gasteiger partial charge in [-0.2, -0.15) is 0 Å². The molecule has 2 aromatic heterocycles. The Morgan fingerprint density at radius 2 is 2.18 bits per heavy atom. The Hall–Kier alpha value is -1.68. The summed E-state index contributed by atoms with van der Waals surface area (Å²) in [6.45, 7) is 1.22. The SMILES string of the molecule is OCC1CCn2c(cnc2-c2ccncc2)C1. The van der Waals surface area contributed by atoms with E-state index in [2.05, 4.69) is 14.5 Å². The Morgan fingerprint density at radius 3 is 2.94 bits per heavy atom. The third kappa shape index (κ3) is 1.85. The lowest BCUT2D eigenvalue weighted by atomic mass is 9.97. The van der Waals surface area contributed by atoms with Gasteiger partial charge < -0.3 is 9.67 Å². The second-order valence-electron chi connectivity index (χ2n) is 4.50. The largest absolute Gasteiger partial charge is 0.396 e. The number of rotatable bonds is 2. The van der Waals surface area contributed by atoms with Crippen LogP contribution in [0.25, 0.3) is 11.4 Å². The van der Waals surface area contributed by atoms with E-state index in [1.54, 1.807) is 12.4 Å². The Morgan fingerprint density at radius 1 is 1.35 bits per heavy atom. The van der Waals surface area contributed by atoms with Gasteiger partial charge >= 0.3 is 0 Å². The molecular weight excluding hydrogens is 214 g/mol. The molecule has 1 atom stereocenters. The van der Waals surface area contributed by atoms with Crippen molar-refractivity contribution in [2.24, 2.45) is 5.92 Å². The van der Waals surface area contributed by atoms with Crippen molar-refractivity contribution in [3.63, 3.8) is 0 Å². The number of nitrogens with zero attached hydrogens (tertiary/aromatic N) is 3. The fourth-order valence-corrected chi connectivity index (χ4v) is 2.42. The second kappa shape index (κ2) is 4.30. The highest BCUT2D eigenvalue weighted by molar-refractivity contribution is 5.55. The molecule has 3 heterocycles. The average Bonchev–Trinajstić information content (AvgIpc) is 2.82. The van der Waals surface area contributed by atoms with Gasteiger partial charge in [-0.1, -0.05) is 0 Å². The molecule has 0 aromatic carbocycles. The van der Waals surface area contributed by atoms with Crippen molar-refractivity contribution >= 4 is 0 Å². The van der Waals surface area contributed by atoms with Gasteiger partial charge in [-0.3, -0.25) is 4.98 Å². The molecule has 1 aliphatic rings. The van der Waals surface area contributed by atoms with Crippen LogP contribution in [0.15, 0.2) is 30.7 Å². The lowest BCUT2D eigenvalue weighted by Gasteiger charge is -2.23. The van der Waals surface area contributed by atoms with Gasteiger partial charge in [-0.25, -0.2) is 4.98 Å². The Labute approximate surface area is 100.0 Å². The fourth-order valence-electron chi connectivity index (χ4n) is 2.42. The van der Waals surface area contributed by atoms with Gasteiger partial charge in [-0.15, -0.1) is 0 Å². The van der Waals surface area contributed by atoms with Crippen molar-refractivity contribution in [2.45, 2.75) is 19.4 Å². The molecule has 1 N–H and O–H groups in total. The summed E-state index contributed by atoms with van der Waals surface area (Å²) in [6.07, 6.45) is 7.46. The summed E-state index contributed by atoms with van der Waals surface area (Å²) in [5.41, 5.74) is 2.33. The lowest BCUT2D eigenvalue weighted by Crippen LogP contribution is -2.21. The Kier molecular flexibility index (Phi) is 2.65. The molecule has 4 nitrogen and oxygen atoms in total. The highest BCUT2D eigenvalue weighted by atomic mass is 16.3. The number of hydrogen-bond acceptors (Lipinski definition) is 3. The number of fused-ring (bicyclic) bond motifs is 1. The number of aromatic nitrogens is 3. The molecule has 0 aliphatic carbocycles. The van der Waals surface area contributed by atoms with E-state index in [4.69, 9.17) is 0 Å². The van der Waals surface area contributed by atoms with Crippen molar-refractivity contribution in [1.82, 2.24) is 14.5 Å². The molecule has 1 aliphatic heterocycles. The van der Waals surface area contributed by atoms with Crippen LogP contribution in [0.2, 0.25) is 0 Å². The molecule has 0 amide bonds. The van der Waals surface area contributed by atoms with Crippen LogP contribution in [0.4, 0.5) is 0 Å². The van der Waals surface area contributed by atoms with Gasteiger partial charge in [0.1, 0.15) is 5.82 Å². The van der Waals surface area contributed by atoms with E-state index in [0.29, 0.717) is 5.92 Å². The molecule has 0 radical (unpaired) electrons. The maximum absolute atomic E-state index is 9.20. The summed E-state index contributed by atoms with van der Waals surface area (Å²) >= 11 is 0. The van der Waals surface area contributed by atoms with E-state index in [1.165, 1.54) is 5.69 Å². The minimum atomic E-state index is 0.274. The number of aliphatic hydroxyl groups is 1. The summed E-state index contributed by atoms with van der Waals surface area (Å²) in [5, 5.41) is 9.20. The molecule has 4 heteroatoms. The highest BCUT2D eigenvalue weighted by Crippen LogP contribution is 2.26. The minimum Gasteiger partial charge on any atom is -0.396 e. The summed E-state index contributed by atoms with van der Waals surface area (Å²) in [7, 11) is 0. The maximum atomic E-state index is 9.20. The second-order valence-corrected chi connectivity index (χ2v) is 4.50. The molecule has 0 fully saturated rings. The highest BCUT2D eigenvalue weighted by Gasteiger charge is 2.21. The monoisotopic (exact) mass is 229 g/mol. The van der Waals surface area contributed by atoms with E-state index < -0.39 is 0 Å². The molecule has 0 bridgehead atoms. The van der Waals surface area contributed by atoms with Crippen LogP contribution < -0.4 is 0 Å². The van der Waals surface area contributed by atoms with Crippen LogP contribution in [0.1, 0.15) is 12.1 Å². The zero-order valence-electron chi connectivity index (χ0n) is 9.58.